The molecule has 1 saturated heterocycles. The quantitative estimate of drug-likeness (QED) is 0.434. The Morgan fingerprint density at radius 3 is 2.45 bits per heavy atom. The number of carbonyl (C=O) groups is 1. The van der Waals surface area contributed by atoms with Gasteiger partial charge in [-0.15, -0.1) is 0 Å². The highest BCUT2D eigenvalue weighted by Gasteiger charge is 2.17. The summed E-state index contributed by atoms with van der Waals surface area (Å²) in [6.07, 6.45) is 12.9. The van der Waals surface area contributed by atoms with Gasteiger partial charge in [-0.2, -0.15) is 5.10 Å². The average Bonchev–Trinajstić information content (AvgIpc) is 3.61. The molecule has 1 aromatic carbocycles. The van der Waals surface area contributed by atoms with Crippen LogP contribution < -0.4 is 0 Å². The van der Waals surface area contributed by atoms with Gasteiger partial charge in [0.25, 0.3) is 0 Å². The van der Waals surface area contributed by atoms with Crippen LogP contribution in [-0.4, -0.2) is 38.7 Å². The first-order chi connectivity index (χ1) is 16.0. The number of nitrogens with one attached hydrogen (secondary N) is 1. The highest BCUT2D eigenvalue weighted by atomic mass is 16.2. The molecule has 2 aromatic heterocycles. The molecule has 176 valence electrons. The fraction of sp³-hybridized carbons (Fsp3) is 0.357. The first kappa shape index (κ1) is 25.9. The second-order valence-electron chi connectivity index (χ2n) is 7.87. The molecule has 1 fully saturated rings. The van der Waals surface area contributed by atoms with Crippen molar-refractivity contribution in [3.63, 3.8) is 0 Å². The van der Waals surface area contributed by atoms with E-state index in [0.717, 1.165) is 43.5 Å². The minimum absolute atomic E-state index is 0.268. The Hall–Kier alpha value is -3.34. The fourth-order valence-corrected chi connectivity index (χ4v) is 3.86. The Labute approximate surface area is 198 Å². The lowest BCUT2D eigenvalue weighted by molar-refractivity contribution is -0.130. The SMILES string of the molecule is C=C/C=C(\C=C)CCC(=O)N1CCCC1.CC.Cc1cc2cc(-c3cn[nH]c3)ccc2n1C. The molecule has 1 amide bonds. The molecule has 0 spiro atoms. The lowest BCUT2D eigenvalue weighted by atomic mass is 10.1. The van der Waals surface area contributed by atoms with Gasteiger partial charge in [0.1, 0.15) is 0 Å². The largest absolute Gasteiger partial charge is 0.348 e. The van der Waals surface area contributed by atoms with Crippen LogP contribution in [0, 0.1) is 6.92 Å². The lowest BCUT2D eigenvalue weighted by Gasteiger charge is -2.14. The maximum atomic E-state index is 11.7. The summed E-state index contributed by atoms with van der Waals surface area (Å²) in [5.74, 6) is 0.268. The van der Waals surface area contributed by atoms with E-state index >= 15 is 0 Å². The Morgan fingerprint density at radius 1 is 1.12 bits per heavy atom. The van der Waals surface area contributed by atoms with Gasteiger partial charge in [0.2, 0.25) is 5.91 Å². The van der Waals surface area contributed by atoms with Gasteiger partial charge < -0.3 is 9.47 Å². The summed E-state index contributed by atoms with van der Waals surface area (Å²) in [6.45, 7) is 15.3. The van der Waals surface area contributed by atoms with Crippen LogP contribution >= 0.6 is 0 Å². The molecule has 0 atom stereocenters. The normalized spacial score (nSPS) is 13.1. The third-order valence-corrected chi connectivity index (χ3v) is 5.79. The molecule has 0 radical (unpaired) electrons. The molecule has 1 aliphatic heterocycles. The van der Waals surface area contributed by atoms with Crippen LogP contribution in [0.1, 0.15) is 45.2 Å². The fourth-order valence-electron chi connectivity index (χ4n) is 3.86. The minimum atomic E-state index is 0.268. The maximum Gasteiger partial charge on any atom is 0.222 e. The number of aromatic amines is 1. The molecule has 3 aromatic rings. The molecular weight excluding hydrogens is 408 g/mol. The number of amides is 1. The van der Waals surface area contributed by atoms with Gasteiger partial charge in [-0.25, -0.2) is 0 Å². The Balaban J connectivity index is 0.000000218. The number of aromatic nitrogens is 3. The predicted octanol–water partition coefficient (Wildman–Crippen LogP) is 6.59. The first-order valence-corrected chi connectivity index (χ1v) is 11.8. The van der Waals surface area contributed by atoms with Gasteiger partial charge in [0.15, 0.2) is 0 Å². The highest BCUT2D eigenvalue weighted by Crippen LogP contribution is 2.25. The molecule has 5 heteroatoms. The van der Waals surface area contributed by atoms with E-state index in [1.807, 2.05) is 37.2 Å². The van der Waals surface area contributed by atoms with E-state index in [1.165, 1.54) is 22.2 Å². The number of hydrogen-bond donors (Lipinski definition) is 1. The van der Waals surface area contributed by atoms with Crippen molar-refractivity contribution >= 4 is 16.8 Å². The second-order valence-corrected chi connectivity index (χ2v) is 7.87. The van der Waals surface area contributed by atoms with Crippen LogP contribution in [0.2, 0.25) is 0 Å². The van der Waals surface area contributed by atoms with Gasteiger partial charge >= 0.3 is 0 Å². The van der Waals surface area contributed by atoms with Crippen LogP contribution in [-0.2, 0) is 11.8 Å². The molecule has 5 nitrogen and oxygen atoms in total. The molecule has 0 saturated carbocycles. The van der Waals surface area contributed by atoms with Crippen molar-refractivity contribution in [3.05, 3.63) is 79.3 Å². The predicted molar refractivity (Wildman–Crippen MR) is 140 cm³/mol. The molecule has 3 heterocycles. The molecule has 0 bridgehead atoms. The van der Waals surface area contributed by atoms with Crippen molar-refractivity contribution in [1.82, 2.24) is 19.7 Å². The van der Waals surface area contributed by atoms with E-state index in [4.69, 9.17) is 0 Å². The van der Waals surface area contributed by atoms with Gasteiger partial charge in [-0.05, 0) is 55.5 Å². The van der Waals surface area contributed by atoms with Crippen molar-refractivity contribution < 1.29 is 4.79 Å². The van der Waals surface area contributed by atoms with Crippen LogP contribution in [0.4, 0.5) is 0 Å². The van der Waals surface area contributed by atoms with Crippen molar-refractivity contribution in [2.24, 2.45) is 7.05 Å². The van der Waals surface area contributed by atoms with E-state index in [1.54, 1.807) is 12.2 Å². The summed E-state index contributed by atoms with van der Waals surface area (Å²) in [7, 11) is 2.09. The Morgan fingerprint density at radius 2 is 1.85 bits per heavy atom. The highest BCUT2D eigenvalue weighted by molar-refractivity contribution is 5.86. The summed E-state index contributed by atoms with van der Waals surface area (Å²) >= 11 is 0. The summed E-state index contributed by atoms with van der Waals surface area (Å²) in [4.78, 5) is 13.7. The van der Waals surface area contributed by atoms with Crippen molar-refractivity contribution in [3.8, 4) is 11.1 Å². The van der Waals surface area contributed by atoms with Crippen molar-refractivity contribution in [1.29, 1.82) is 0 Å². The number of hydrogen-bond acceptors (Lipinski definition) is 2. The molecule has 33 heavy (non-hydrogen) atoms. The number of allylic oxidation sites excluding steroid dienone is 4. The zero-order valence-electron chi connectivity index (χ0n) is 20.6. The van der Waals surface area contributed by atoms with Crippen LogP contribution in [0.3, 0.4) is 0 Å². The number of carbonyl (C=O) groups excluding carboxylic acids is 1. The first-order valence-electron chi connectivity index (χ1n) is 11.8. The van der Waals surface area contributed by atoms with Crippen LogP contribution in [0.15, 0.2) is 73.6 Å². The number of fused-ring (bicyclic) bond motifs is 1. The maximum absolute atomic E-state index is 11.7. The molecule has 4 rings (SSSR count). The van der Waals surface area contributed by atoms with Crippen LogP contribution in [0.5, 0.6) is 0 Å². The average molecular weight is 447 g/mol. The number of rotatable bonds is 6. The van der Waals surface area contributed by atoms with E-state index in [0.29, 0.717) is 6.42 Å². The Kier molecular flexibility index (Phi) is 10.4. The summed E-state index contributed by atoms with van der Waals surface area (Å²) in [6, 6.07) is 8.70. The minimum Gasteiger partial charge on any atom is -0.348 e. The lowest BCUT2D eigenvalue weighted by Crippen LogP contribution is -2.27. The van der Waals surface area contributed by atoms with Gasteiger partial charge in [0.05, 0.1) is 6.20 Å². The second kappa shape index (κ2) is 13.3. The summed E-state index contributed by atoms with van der Waals surface area (Å²) in [5.41, 5.74) is 5.96. The van der Waals surface area contributed by atoms with Crippen molar-refractivity contribution in [2.45, 2.75) is 46.5 Å². The monoisotopic (exact) mass is 446 g/mol. The molecule has 0 unspecified atom stereocenters. The van der Waals surface area contributed by atoms with Gasteiger partial charge in [-0.3, -0.25) is 9.89 Å². The zero-order chi connectivity index (χ0) is 24.2. The smallest absolute Gasteiger partial charge is 0.222 e. The van der Waals surface area contributed by atoms with E-state index < -0.39 is 0 Å². The summed E-state index contributed by atoms with van der Waals surface area (Å²) in [5, 5.41) is 8.09. The van der Waals surface area contributed by atoms with Gasteiger partial charge in [-0.1, -0.05) is 51.3 Å². The van der Waals surface area contributed by atoms with Gasteiger partial charge in [0, 0.05) is 54.9 Å². The number of benzene rings is 1. The van der Waals surface area contributed by atoms with E-state index in [-0.39, 0.29) is 5.91 Å². The molecule has 1 aliphatic rings. The van der Waals surface area contributed by atoms with Crippen molar-refractivity contribution in [2.75, 3.05) is 13.1 Å². The zero-order valence-corrected chi connectivity index (χ0v) is 20.6. The van der Waals surface area contributed by atoms with E-state index in [9.17, 15) is 4.79 Å². The van der Waals surface area contributed by atoms with Crippen LogP contribution in [0.25, 0.3) is 22.0 Å². The molecule has 0 aliphatic carbocycles. The Bertz CT molecular complexity index is 1070. The summed E-state index contributed by atoms with van der Waals surface area (Å²) < 4.78 is 2.20. The number of aryl methyl sites for hydroxylation is 2. The standard InChI is InChI=1S/C13H13N3.C13H19NO.C2H6/c1-9-5-11-6-10(12-7-14-15-8-12)3-4-13(11)16(9)2;1-3-7-12(4-2)8-9-13(15)14-10-5-6-11-14;1-2/h3-8H,1-2H3,(H,14,15);3-4,7H,1-2,5-6,8-11H2;1-2H3/b;12-7+;. The number of likely N-dealkylation sites (tertiary alicyclic amines) is 1. The third kappa shape index (κ3) is 7.07. The van der Waals surface area contributed by atoms with E-state index in [2.05, 4.69) is 66.2 Å². The number of H-pyrrole nitrogens is 1. The topological polar surface area (TPSA) is 53.9 Å². The number of nitrogens with zero attached hydrogens (tertiary/aromatic N) is 3. The molecular formula is C28H38N4O. The molecule has 1 N–H and O–H groups in total. The third-order valence-electron chi connectivity index (χ3n) is 5.79.